The Bertz CT molecular complexity index is 1420. The lowest BCUT2D eigenvalue weighted by atomic mass is 10.1. The lowest BCUT2D eigenvalue weighted by Gasteiger charge is -2.10. The van der Waals surface area contributed by atoms with Crippen LogP contribution in [0.4, 0.5) is 0 Å². The predicted octanol–water partition coefficient (Wildman–Crippen LogP) is 2.58. The van der Waals surface area contributed by atoms with Crippen LogP contribution in [0, 0.1) is 0 Å². The number of benzene rings is 1. The van der Waals surface area contributed by atoms with Crippen LogP contribution in [0.15, 0.2) is 59.5 Å². The molecule has 0 aliphatic heterocycles. The number of aryl methyl sites for hydroxylation is 1. The van der Waals surface area contributed by atoms with Crippen LogP contribution in [-0.4, -0.2) is 31.0 Å². The van der Waals surface area contributed by atoms with Gasteiger partial charge in [0.15, 0.2) is 10.8 Å². The van der Waals surface area contributed by atoms with Crippen molar-refractivity contribution in [1.29, 1.82) is 0 Å². The van der Waals surface area contributed by atoms with E-state index in [-0.39, 0.29) is 16.4 Å². The van der Waals surface area contributed by atoms with Crippen LogP contribution in [0.5, 0.6) is 0 Å². The van der Waals surface area contributed by atoms with Gasteiger partial charge in [-0.05, 0) is 30.7 Å². The SMILES string of the molecule is CCCn1nc(C(=O)NNC(=O)/C=C/c2c(Cl)nc3ccccn23)c2ccccc2c1=O. The number of carbonyl (C=O) groups is 2. The average molecular weight is 451 g/mol. The molecule has 1 aromatic carbocycles. The van der Waals surface area contributed by atoms with Crippen molar-refractivity contribution in [1.82, 2.24) is 30.0 Å². The monoisotopic (exact) mass is 450 g/mol. The summed E-state index contributed by atoms with van der Waals surface area (Å²) < 4.78 is 2.99. The first kappa shape index (κ1) is 21.3. The molecule has 162 valence electrons. The zero-order valence-corrected chi connectivity index (χ0v) is 17.8. The fraction of sp³-hybridized carbons (Fsp3) is 0.136. The first-order valence-electron chi connectivity index (χ1n) is 9.90. The number of imidazole rings is 1. The Labute approximate surface area is 187 Å². The number of carbonyl (C=O) groups excluding carboxylic acids is 2. The molecule has 4 rings (SSSR count). The number of hydrogen-bond donors (Lipinski definition) is 2. The van der Waals surface area contributed by atoms with Gasteiger partial charge in [-0.1, -0.05) is 42.8 Å². The fourth-order valence-corrected chi connectivity index (χ4v) is 3.52. The lowest BCUT2D eigenvalue weighted by molar-refractivity contribution is -0.117. The predicted molar refractivity (Wildman–Crippen MR) is 121 cm³/mol. The summed E-state index contributed by atoms with van der Waals surface area (Å²) in [5.41, 5.74) is 5.61. The Morgan fingerprint density at radius 2 is 1.84 bits per heavy atom. The van der Waals surface area contributed by atoms with Crippen LogP contribution >= 0.6 is 11.6 Å². The first-order valence-corrected chi connectivity index (χ1v) is 10.3. The van der Waals surface area contributed by atoms with Gasteiger partial charge in [-0.2, -0.15) is 5.10 Å². The second-order valence-corrected chi connectivity index (χ2v) is 7.27. The number of amides is 2. The normalized spacial score (nSPS) is 11.3. The molecule has 3 aromatic heterocycles. The molecule has 2 N–H and O–H groups in total. The van der Waals surface area contributed by atoms with Gasteiger partial charge in [0, 0.05) is 24.2 Å². The van der Waals surface area contributed by atoms with Gasteiger partial charge in [0.1, 0.15) is 5.65 Å². The second kappa shape index (κ2) is 9.03. The molecule has 0 radical (unpaired) electrons. The summed E-state index contributed by atoms with van der Waals surface area (Å²) in [7, 11) is 0. The quantitative estimate of drug-likeness (QED) is 0.358. The minimum absolute atomic E-state index is 0.0442. The molecule has 2 amide bonds. The van der Waals surface area contributed by atoms with Crippen molar-refractivity contribution in [2.45, 2.75) is 19.9 Å². The maximum absolute atomic E-state index is 12.7. The van der Waals surface area contributed by atoms with Gasteiger partial charge in [-0.3, -0.25) is 29.6 Å². The Balaban J connectivity index is 1.52. The smallest absolute Gasteiger partial charge is 0.290 e. The summed E-state index contributed by atoms with van der Waals surface area (Å²) in [4.78, 5) is 41.7. The zero-order chi connectivity index (χ0) is 22.7. The van der Waals surface area contributed by atoms with E-state index in [0.29, 0.717) is 35.1 Å². The Kier molecular flexibility index (Phi) is 6.00. The second-order valence-electron chi connectivity index (χ2n) is 6.92. The molecule has 3 heterocycles. The van der Waals surface area contributed by atoms with E-state index >= 15 is 0 Å². The molecule has 0 bridgehead atoms. The lowest BCUT2D eigenvalue weighted by Crippen LogP contribution is -2.42. The van der Waals surface area contributed by atoms with Crippen LogP contribution in [0.25, 0.3) is 22.5 Å². The topological polar surface area (TPSA) is 110 Å². The standard InChI is InChI=1S/C22H19ClN6O3/c1-2-12-29-22(32)15-8-4-3-7-14(15)19(27-29)21(31)26-25-18(30)11-10-16-20(23)24-17-9-5-6-13-28(16)17/h3-11,13H,2,12H2,1H3,(H,25,30)(H,26,31)/b11-10+. The van der Waals surface area contributed by atoms with Crippen LogP contribution < -0.4 is 16.4 Å². The Morgan fingerprint density at radius 1 is 1.09 bits per heavy atom. The molecule has 0 aliphatic rings. The molecule has 4 aromatic rings. The third kappa shape index (κ3) is 4.10. The van der Waals surface area contributed by atoms with E-state index in [4.69, 9.17) is 11.6 Å². The van der Waals surface area contributed by atoms with E-state index in [9.17, 15) is 14.4 Å². The molecule has 0 saturated heterocycles. The van der Waals surface area contributed by atoms with Crippen LogP contribution in [0.1, 0.15) is 29.5 Å². The number of nitrogens with zero attached hydrogens (tertiary/aromatic N) is 4. The number of fused-ring (bicyclic) bond motifs is 2. The average Bonchev–Trinajstić information content (AvgIpc) is 3.13. The minimum Gasteiger partial charge on any atom is -0.299 e. The highest BCUT2D eigenvalue weighted by molar-refractivity contribution is 6.31. The number of rotatable bonds is 5. The van der Waals surface area contributed by atoms with E-state index in [1.54, 1.807) is 40.9 Å². The number of pyridine rings is 1. The highest BCUT2D eigenvalue weighted by atomic mass is 35.5. The molecule has 0 saturated carbocycles. The van der Waals surface area contributed by atoms with Crippen molar-refractivity contribution in [3.05, 3.63) is 81.6 Å². The van der Waals surface area contributed by atoms with Gasteiger partial charge >= 0.3 is 0 Å². The molecule has 9 nitrogen and oxygen atoms in total. The van der Waals surface area contributed by atoms with Gasteiger partial charge < -0.3 is 0 Å². The molecule has 32 heavy (non-hydrogen) atoms. The van der Waals surface area contributed by atoms with Crippen molar-refractivity contribution in [2.24, 2.45) is 0 Å². The van der Waals surface area contributed by atoms with E-state index < -0.39 is 11.8 Å². The van der Waals surface area contributed by atoms with Gasteiger partial charge in [-0.15, -0.1) is 0 Å². The highest BCUT2D eigenvalue weighted by Gasteiger charge is 2.17. The van der Waals surface area contributed by atoms with Gasteiger partial charge in [0.2, 0.25) is 0 Å². The number of hydrazine groups is 1. The van der Waals surface area contributed by atoms with Gasteiger partial charge in [-0.25, -0.2) is 9.67 Å². The molecule has 0 unspecified atom stereocenters. The number of nitrogens with one attached hydrogen (secondary N) is 2. The van der Waals surface area contributed by atoms with Crippen molar-refractivity contribution < 1.29 is 9.59 Å². The van der Waals surface area contributed by atoms with Crippen LogP contribution in [0.3, 0.4) is 0 Å². The fourth-order valence-electron chi connectivity index (χ4n) is 3.28. The molecular formula is C22H19ClN6O3. The maximum atomic E-state index is 12.7. The maximum Gasteiger partial charge on any atom is 0.290 e. The minimum atomic E-state index is -0.638. The third-order valence-electron chi connectivity index (χ3n) is 4.73. The summed E-state index contributed by atoms with van der Waals surface area (Å²) in [6, 6.07) is 12.2. The molecule has 0 aliphatic carbocycles. The van der Waals surface area contributed by atoms with Crippen LogP contribution in [0.2, 0.25) is 5.15 Å². The van der Waals surface area contributed by atoms with E-state index in [2.05, 4.69) is 20.9 Å². The van der Waals surface area contributed by atoms with Crippen molar-refractivity contribution >= 4 is 45.9 Å². The first-order chi connectivity index (χ1) is 15.5. The third-order valence-corrected chi connectivity index (χ3v) is 5.01. The Morgan fingerprint density at radius 3 is 2.62 bits per heavy atom. The molecule has 0 spiro atoms. The number of halogens is 1. The molecule has 10 heteroatoms. The van der Waals surface area contributed by atoms with Crippen molar-refractivity contribution in [3.8, 4) is 0 Å². The van der Waals surface area contributed by atoms with Gasteiger partial charge in [0.25, 0.3) is 17.4 Å². The summed E-state index contributed by atoms with van der Waals surface area (Å²) in [6.07, 6.45) is 5.18. The summed E-state index contributed by atoms with van der Waals surface area (Å²) in [5, 5.41) is 5.23. The van der Waals surface area contributed by atoms with Crippen LogP contribution in [-0.2, 0) is 11.3 Å². The molecule has 0 atom stereocenters. The highest BCUT2D eigenvalue weighted by Crippen LogP contribution is 2.18. The molecule has 0 fully saturated rings. The van der Waals surface area contributed by atoms with E-state index in [1.165, 1.54) is 16.8 Å². The summed E-state index contributed by atoms with van der Waals surface area (Å²) in [6.45, 7) is 2.28. The van der Waals surface area contributed by atoms with Gasteiger partial charge in [0.05, 0.1) is 11.1 Å². The zero-order valence-electron chi connectivity index (χ0n) is 17.1. The summed E-state index contributed by atoms with van der Waals surface area (Å²) in [5.74, 6) is -1.22. The van der Waals surface area contributed by atoms with Crippen molar-refractivity contribution in [3.63, 3.8) is 0 Å². The number of hydrogen-bond acceptors (Lipinski definition) is 5. The summed E-state index contributed by atoms with van der Waals surface area (Å²) >= 11 is 6.15. The van der Waals surface area contributed by atoms with Crippen molar-refractivity contribution in [2.75, 3.05) is 0 Å². The Hall–Kier alpha value is -3.98. The number of aromatic nitrogens is 4. The van der Waals surface area contributed by atoms with E-state index in [0.717, 1.165) is 0 Å². The largest absolute Gasteiger partial charge is 0.299 e. The molecular weight excluding hydrogens is 432 g/mol. The van der Waals surface area contributed by atoms with E-state index in [1.807, 2.05) is 19.1 Å².